The Bertz CT molecular complexity index is 1280. The molecule has 2 unspecified atom stereocenters. The van der Waals surface area contributed by atoms with Crippen molar-refractivity contribution < 1.29 is 19.4 Å². The number of para-hydroxylation sites is 2. The van der Waals surface area contributed by atoms with Crippen molar-refractivity contribution in [1.82, 2.24) is 0 Å². The number of ketones is 1. The van der Waals surface area contributed by atoms with Crippen LogP contribution in [-0.4, -0.2) is 24.1 Å². The summed E-state index contributed by atoms with van der Waals surface area (Å²) in [5.41, 5.74) is 5.52. The minimum absolute atomic E-state index is 0.0775. The molecule has 186 valence electrons. The summed E-state index contributed by atoms with van der Waals surface area (Å²) in [7, 11) is 0. The number of hydrogen-bond donors (Lipinski definition) is 3. The van der Waals surface area contributed by atoms with E-state index in [-0.39, 0.29) is 23.5 Å². The summed E-state index contributed by atoms with van der Waals surface area (Å²) < 4.78 is 11.4. The van der Waals surface area contributed by atoms with Crippen LogP contribution in [0.25, 0.3) is 0 Å². The molecule has 2 atom stereocenters. The fraction of sp³-hybridized carbons (Fsp3) is 0.300. The molecule has 0 spiro atoms. The van der Waals surface area contributed by atoms with E-state index in [0.29, 0.717) is 25.4 Å². The maximum absolute atomic E-state index is 13.7. The van der Waals surface area contributed by atoms with Gasteiger partial charge in [0.2, 0.25) is 0 Å². The molecule has 6 nitrogen and oxygen atoms in total. The van der Waals surface area contributed by atoms with Gasteiger partial charge in [0.1, 0.15) is 5.75 Å². The van der Waals surface area contributed by atoms with Crippen molar-refractivity contribution in [3.63, 3.8) is 0 Å². The first-order chi connectivity index (χ1) is 17.6. The van der Waals surface area contributed by atoms with Crippen LogP contribution < -0.4 is 20.1 Å². The first-order valence-electron chi connectivity index (χ1n) is 12.6. The Balaban J connectivity index is 1.52. The minimum Gasteiger partial charge on any atom is -0.504 e. The van der Waals surface area contributed by atoms with Crippen molar-refractivity contribution in [2.75, 3.05) is 23.8 Å². The third-order valence-corrected chi connectivity index (χ3v) is 6.75. The van der Waals surface area contributed by atoms with Crippen molar-refractivity contribution in [1.29, 1.82) is 0 Å². The van der Waals surface area contributed by atoms with E-state index in [1.165, 1.54) is 0 Å². The predicted octanol–water partition coefficient (Wildman–Crippen LogP) is 6.56. The van der Waals surface area contributed by atoms with E-state index in [1.54, 1.807) is 6.07 Å². The molecule has 2 aliphatic rings. The number of Topliss-reactive ketones (excluding diaryl/α,β-unsaturated/α-hetero) is 1. The number of carbonyl (C=O) groups excluding carboxylic acids is 1. The van der Waals surface area contributed by atoms with Crippen molar-refractivity contribution in [2.24, 2.45) is 0 Å². The molecule has 0 amide bonds. The molecule has 0 aromatic heterocycles. The number of nitrogens with one attached hydrogen (secondary N) is 2. The van der Waals surface area contributed by atoms with Gasteiger partial charge in [-0.25, -0.2) is 0 Å². The second kappa shape index (κ2) is 10.4. The molecular formula is C30H32N2O4. The normalized spacial score (nSPS) is 18.9. The van der Waals surface area contributed by atoms with E-state index in [1.807, 2.05) is 55.5 Å². The monoisotopic (exact) mass is 484 g/mol. The lowest BCUT2D eigenvalue weighted by Crippen LogP contribution is -2.26. The Hall–Kier alpha value is -3.93. The van der Waals surface area contributed by atoms with Crippen molar-refractivity contribution in [3.05, 3.63) is 89.1 Å². The number of benzene rings is 3. The van der Waals surface area contributed by atoms with Crippen LogP contribution in [0.2, 0.25) is 0 Å². The maximum atomic E-state index is 13.7. The molecule has 1 aliphatic heterocycles. The smallest absolute Gasteiger partial charge is 0.163 e. The van der Waals surface area contributed by atoms with Gasteiger partial charge in [-0.2, -0.15) is 0 Å². The van der Waals surface area contributed by atoms with Crippen molar-refractivity contribution in [2.45, 2.75) is 45.1 Å². The molecule has 3 N–H and O–H groups in total. The number of aromatic hydroxyl groups is 1. The van der Waals surface area contributed by atoms with Gasteiger partial charge < -0.3 is 25.2 Å². The average Bonchev–Trinajstić information content (AvgIpc) is 3.06. The van der Waals surface area contributed by atoms with Gasteiger partial charge in [0, 0.05) is 17.7 Å². The number of fused-ring (bicyclic) bond motifs is 1. The highest BCUT2D eigenvalue weighted by atomic mass is 16.5. The molecule has 36 heavy (non-hydrogen) atoms. The summed E-state index contributed by atoms with van der Waals surface area (Å²) in [6, 6.07) is 21.1. The molecule has 3 aromatic carbocycles. The molecule has 3 aromatic rings. The summed E-state index contributed by atoms with van der Waals surface area (Å²) in [6.07, 6.45) is 2.12. The number of phenolic OH excluding ortho intramolecular Hbond substituents is 1. The van der Waals surface area contributed by atoms with Crippen LogP contribution in [0, 0.1) is 0 Å². The van der Waals surface area contributed by atoms with Crippen LogP contribution in [0.4, 0.5) is 11.4 Å². The number of anilines is 2. The Labute approximate surface area is 212 Å². The molecule has 0 radical (unpaired) electrons. The second-order valence-corrected chi connectivity index (χ2v) is 9.25. The van der Waals surface area contributed by atoms with E-state index < -0.39 is 0 Å². The van der Waals surface area contributed by atoms with Gasteiger partial charge in [0.05, 0.1) is 30.6 Å². The highest BCUT2D eigenvalue weighted by Crippen LogP contribution is 2.45. The van der Waals surface area contributed by atoms with Gasteiger partial charge in [0.15, 0.2) is 17.3 Å². The largest absolute Gasteiger partial charge is 0.504 e. The van der Waals surface area contributed by atoms with E-state index >= 15 is 0 Å². The minimum atomic E-state index is -0.366. The van der Waals surface area contributed by atoms with Gasteiger partial charge >= 0.3 is 0 Å². The Morgan fingerprint density at radius 3 is 2.42 bits per heavy atom. The average molecular weight is 485 g/mol. The molecule has 0 saturated carbocycles. The molecule has 1 aliphatic carbocycles. The lowest BCUT2D eigenvalue weighted by atomic mass is 9.78. The third kappa shape index (κ3) is 4.76. The fourth-order valence-electron chi connectivity index (χ4n) is 5.02. The molecule has 0 saturated heterocycles. The van der Waals surface area contributed by atoms with Crippen molar-refractivity contribution in [3.8, 4) is 17.2 Å². The fourth-order valence-corrected chi connectivity index (χ4v) is 5.02. The van der Waals surface area contributed by atoms with E-state index in [0.717, 1.165) is 52.4 Å². The lowest BCUT2D eigenvalue weighted by Gasteiger charge is -2.30. The Morgan fingerprint density at radius 1 is 0.917 bits per heavy atom. The second-order valence-electron chi connectivity index (χ2n) is 9.25. The van der Waals surface area contributed by atoms with E-state index in [2.05, 4.69) is 29.7 Å². The van der Waals surface area contributed by atoms with Crippen LogP contribution >= 0.6 is 0 Å². The topological polar surface area (TPSA) is 79.8 Å². The number of allylic oxidation sites excluding steroid dienone is 1. The molecule has 0 bridgehead atoms. The number of hydrogen-bond acceptors (Lipinski definition) is 6. The van der Waals surface area contributed by atoms with Crippen LogP contribution in [0.1, 0.15) is 56.2 Å². The number of phenols is 1. The number of carbonyl (C=O) groups is 1. The molecular weight excluding hydrogens is 452 g/mol. The Kier molecular flexibility index (Phi) is 6.85. The van der Waals surface area contributed by atoms with E-state index in [9.17, 15) is 9.90 Å². The number of rotatable bonds is 7. The summed E-state index contributed by atoms with van der Waals surface area (Å²) in [5.74, 6) is 1.54. The summed E-state index contributed by atoms with van der Waals surface area (Å²) in [5, 5.41) is 17.4. The van der Waals surface area contributed by atoms with Crippen LogP contribution in [0.5, 0.6) is 17.2 Å². The molecule has 0 fully saturated rings. The summed E-state index contributed by atoms with van der Waals surface area (Å²) in [6.45, 7) is 5.10. The zero-order chi connectivity index (χ0) is 25.1. The van der Waals surface area contributed by atoms with Crippen LogP contribution in [0.3, 0.4) is 0 Å². The van der Waals surface area contributed by atoms with Gasteiger partial charge in [0.25, 0.3) is 0 Å². The van der Waals surface area contributed by atoms with Gasteiger partial charge in [-0.15, -0.1) is 0 Å². The first kappa shape index (κ1) is 23.8. The van der Waals surface area contributed by atoms with E-state index in [4.69, 9.17) is 9.47 Å². The maximum Gasteiger partial charge on any atom is 0.163 e. The SMILES string of the molecule is CCCOc1ccc(C2CC(=O)C3=C(C2)Nc2ccccc2NC3c2ccc(O)c(OCC)c2)cc1. The predicted molar refractivity (Wildman–Crippen MR) is 142 cm³/mol. The van der Waals surface area contributed by atoms with Gasteiger partial charge in [-0.1, -0.05) is 37.3 Å². The van der Waals surface area contributed by atoms with Crippen LogP contribution in [-0.2, 0) is 4.79 Å². The van der Waals surface area contributed by atoms with Gasteiger partial charge in [-0.3, -0.25) is 4.79 Å². The highest BCUT2D eigenvalue weighted by molar-refractivity contribution is 6.01. The number of ether oxygens (including phenoxy) is 2. The zero-order valence-corrected chi connectivity index (χ0v) is 20.7. The highest BCUT2D eigenvalue weighted by Gasteiger charge is 2.36. The Morgan fingerprint density at radius 2 is 1.67 bits per heavy atom. The first-order valence-corrected chi connectivity index (χ1v) is 12.6. The quantitative estimate of drug-likeness (QED) is 0.352. The van der Waals surface area contributed by atoms with Gasteiger partial charge in [-0.05, 0) is 73.2 Å². The summed E-state index contributed by atoms with van der Waals surface area (Å²) >= 11 is 0. The van der Waals surface area contributed by atoms with Crippen LogP contribution in [0.15, 0.2) is 78.0 Å². The third-order valence-electron chi connectivity index (χ3n) is 6.75. The summed E-state index contributed by atoms with van der Waals surface area (Å²) in [4.78, 5) is 13.7. The molecule has 6 heteroatoms. The van der Waals surface area contributed by atoms with Crippen molar-refractivity contribution >= 4 is 17.2 Å². The zero-order valence-electron chi connectivity index (χ0n) is 20.7. The molecule has 1 heterocycles. The standard InChI is InChI=1S/C30H32N2O4/c1-3-15-36-22-12-9-19(10-13-22)21-16-25-29(27(34)17-21)30(32-24-8-6-5-7-23(24)31-25)20-11-14-26(33)28(18-20)35-4-2/h5-14,18,21,30-33H,3-4,15-17H2,1-2H3. The lowest BCUT2D eigenvalue weighted by molar-refractivity contribution is -0.116. The molecule has 5 rings (SSSR count).